The molecule has 1 aliphatic heterocycles. The van der Waals surface area contributed by atoms with E-state index < -0.39 is 0 Å². The topological polar surface area (TPSA) is 29.5 Å². The van der Waals surface area contributed by atoms with E-state index >= 15 is 0 Å². The molecule has 0 saturated carbocycles. The second-order valence-electron chi connectivity index (χ2n) is 4.33. The highest BCUT2D eigenvalue weighted by Gasteiger charge is 2.24. The van der Waals surface area contributed by atoms with E-state index in [4.69, 9.17) is 4.74 Å². The number of fused-ring (bicyclic) bond motifs is 1. The van der Waals surface area contributed by atoms with E-state index in [-0.39, 0.29) is 0 Å². The van der Waals surface area contributed by atoms with E-state index in [1.54, 1.807) is 0 Å². The van der Waals surface area contributed by atoms with Crippen LogP contribution in [-0.4, -0.2) is 32.1 Å². The van der Waals surface area contributed by atoms with Crippen molar-refractivity contribution < 1.29 is 9.53 Å². The van der Waals surface area contributed by atoms with Gasteiger partial charge in [0.15, 0.2) is 5.78 Å². The van der Waals surface area contributed by atoms with Crippen LogP contribution in [0.4, 0.5) is 5.69 Å². The monoisotopic (exact) mass is 217 g/mol. The Morgan fingerprint density at radius 2 is 1.94 bits per heavy atom. The number of nitrogens with zero attached hydrogens (tertiary/aromatic N) is 1. The van der Waals surface area contributed by atoms with Crippen LogP contribution in [0.5, 0.6) is 0 Å². The Morgan fingerprint density at radius 3 is 2.75 bits per heavy atom. The Morgan fingerprint density at radius 1 is 1.12 bits per heavy atom. The van der Waals surface area contributed by atoms with Crippen LogP contribution in [0.2, 0.25) is 0 Å². The summed E-state index contributed by atoms with van der Waals surface area (Å²) in [4.78, 5) is 14.0. The summed E-state index contributed by atoms with van der Waals surface area (Å²) in [6.07, 6.45) is 1.58. The minimum Gasteiger partial charge on any atom is -0.378 e. The van der Waals surface area contributed by atoms with Crippen molar-refractivity contribution in [2.24, 2.45) is 0 Å². The first-order valence-electron chi connectivity index (χ1n) is 5.84. The summed E-state index contributed by atoms with van der Waals surface area (Å²) in [5.74, 6) is 0.296. The van der Waals surface area contributed by atoms with Crippen LogP contribution in [0, 0.1) is 0 Å². The van der Waals surface area contributed by atoms with Crippen molar-refractivity contribution >= 4 is 11.5 Å². The number of carbonyl (C=O) groups is 1. The number of hydrogen-bond donors (Lipinski definition) is 0. The quantitative estimate of drug-likeness (QED) is 0.716. The predicted molar refractivity (Wildman–Crippen MR) is 62.1 cm³/mol. The Bertz CT molecular complexity index is 422. The standard InChI is InChI=1S/C13H15NO2/c15-13-5-4-10-11(13)2-1-3-12(10)14-6-8-16-9-7-14/h1-3H,4-9H2. The molecule has 0 bridgehead atoms. The van der Waals surface area contributed by atoms with Crippen LogP contribution in [0.25, 0.3) is 0 Å². The molecule has 1 aromatic carbocycles. The maximum atomic E-state index is 11.7. The fourth-order valence-electron chi connectivity index (χ4n) is 2.57. The van der Waals surface area contributed by atoms with Gasteiger partial charge >= 0.3 is 0 Å². The predicted octanol–water partition coefficient (Wildman–Crippen LogP) is 1.65. The van der Waals surface area contributed by atoms with Gasteiger partial charge in [-0.15, -0.1) is 0 Å². The molecule has 1 fully saturated rings. The van der Waals surface area contributed by atoms with Crippen molar-refractivity contribution in [2.45, 2.75) is 12.8 Å². The zero-order valence-electron chi connectivity index (χ0n) is 9.24. The third-order valence-corrected chi connectivity index (χ3v) is 3.41. The number of ketones is 1. The molecule has 1 heterocycles. The molecule has 0 spiro atoms. The second-order valence-corrected chi connectivity index (χ2v) is 4.33. The Labute approximate surface area is 95.0 Å². The second kappa shape index (κ2) is 3.91. The average Bonchev–Trinajstić information content (AvgIpc) is 2.73. The van der Waals surface area contributed by atoms with Gasteiger partial charge in [0.25, 0.3) is 0 Å². The summed E-state index contributed by atoms with van der Waals surface area (Å²) in [6.45, 7) is 3.45. The van der Waals surface area contributed by atoms with Crippen LogP contribution >= 0.6 is 0 Å². The van der Waals surface area contributed by atoms with Crippen LogP contribution in [0.1, 0.15) is 22.3 Å². The minimum absolute atomic E-state index is 0.296. The number of carbonyl (C=O) groups excluding carboxylic acids is 1. The van der Waals surface area contributed by atoms with E-state index in [2.05, 4.69) is 11.0 Å². The lowest BCUT2D eigenvalue weighted by atomic mass is 10.1. The molecule has 84 valence electrons. The Hall–Kier alpha value is -1.35. The number of hydrogen-bond acceptors (Lipinski definition) is 3. The number of anilines is 1. The van der Waals surface area contributed by atoms with Crippen molar-refractivity contribution in [2.75, 3.05) is 31.2 Å². The lowest BCUT2D eigenvalue weighted by molar-refractivity contribution is 0.0994. The summed E-state index contributed by atoms with van der Waals surface area (Å²) >= 11 is 0. The SMILES string of the molecule is O=C1CCc2c1cccc2N1CCOCC1. The van der Waals surface area contributed by atoms with Crippen LogP contribution in [-0.2, 0) is 11.2 Å². The molecule has 0 atom stereocenters. The normalized spacial score (nSPS) is 20.0. The van der Waals surface area contributed by atoms with Gasteiger partial charge in [-0.05, 0) is 18.1 Å². The third-order valence-electron chi connectivity index (χ3n) is 3.41. The first-order chi connectivity index (χ1) is 7.86. The molecule has 16 heavy (non-hydrogen) atoms. The summed E-state index contributed by atoms with van der Waals surface area (Å²) in [7, 11) is 0. The van der Waals surface area contributed by atoms with Crippen LogP contribution in [0.3, 0.4) is 0 Å². The first kappa shape index (κ1) is 9.85. The first-order valence-corrected chi connectivity index (χ1v) is 5.84. The molecule has 0 amide bonds. The van der Waals surface area contributed by atoms with Crippen LogP contribution < -0.4 is 4.90 Å². The lowest BCUT2D eigenvalue weighted by Gasteiger charge is -2.30. The zero-order chi connectivity index (χ0) is 11.0. The van der Waals surface area contributed by atoms with Crippen LogP contribution in [0.15, 0.2) is 18.2 Å². The fourth-order valence-corrected chi connectivity index (χ4v) is 2.57. The molecule has 2 aliphatic rings. The molecule has 3 heteroatoms. The summed E-state index contributed by atoms with van der Waals surface area (Å²) < 4.78 is 5.35. The van der Waals surface area contributed by atoms with Crippen molar-refractivity contribution in [1.29, 1.82) is 0 Å². The molecule has 0 aromatic heterocycles. The third kappa shape index (κ3) is 1.52. The molecule has 0 N–H and O–H groups in total. The number of benzene rings is 1. The summed E-state index contributed by atoms with van der Waals surface area (Å²) in [5, 5.41) is 0. The van der Waals surface area contributed by atoms with Crippen molar-refractivity contribution in [3.8, 4) is 0 Å². The average molecular weight is 217 g/mol. The van der Waals surface area contributed by atoms with E-state index in [0.717, 1.165) is 38.3 Å². The number of ether oxygens (including phenoxy) is 1. The fraction of sp³-hybridized carbons (Fsp3) is 0.462. The van der Waals surface area contributed by atoms with Gasteiger partial charge < -0.3 is 9.64 Å². The number of Topliss-reactive ketones (excluding diaryl/α,β-unsaturated/α-hetero) is 1. The summed E-state index contributed by atoms with van der Waals surface area (Å²) in [6, 6.07) is 6.07. The lowest BCUT2D eigenvalue weighted by Crippen LogP contribution is -2.36. The maximum Gasteiger partial charge on any atom is 0.163 e. The Kier molecular flexibility index (Phi) is 2.40. The molecular formula is C13H15NO2. The van der Waals surface area contributed by atoms with Gasteiger partial charge in [-0.1, -0.05) is 12.1 Å². The molecule has 3 rings (SSSR count). The number of morpholine rings is 1. The van der Waals surface area contributed by atoms with Gasteiger partial charge in [-0.2, -0.15) is 0 Å². The van der Waals surface area contributed by atoms with Crippen molar-refractivity contribution in [3.05, 3.63) is 29.3 Å². The highest BCUT2D eigenvalue weighted by atomic mass is 16.5. The maximum absolute atomic E-state index is 11.7. The van der Waals surface area contributed by atoms with E-state index in [9.17, 15) is 4.79 Å². The highest BCUT2D eigenvalue weighted by Crippen LogP contribution is 2.31. The van der Waals surface area contributed by atoms with Gasteiger partial charge in [0, 0.05) is 30.8 Å². The van der Waals surface area contributed by atoms with Gasteiger partial charge in [-0.25, -0.2) is 0 Å². The van der Waals surface area contributed by atoms with Crippen molar-refractivity contribution in [1.82, 2.24) is 0 Å². The summed E-state index contributed by atoms with van der Waals surface area (Å²) in [5.41, 5.74) is 3.42. The van der Waals surface area contributed by atoms with Gasteiger partial charge in [0.2, 0.25) is 0 Å². The molecule has 0 radical (unpaired) electrons. The molecule has 3 nitrogen and oxygen atoms in total. The molecule has 1 aromatic rings. The number of rotatable bonds is 1. The molecular weight excluding hydrogens is 202 g/mol. The highest BCUT2D eigenvalue weighted by molar-refractivity contribution is 6.02. The van der Waals surface area contributed by atoms with Gasteiger partial charge in [-0.3, -0.25) is 4.79 Å². The van der Waals surface area contributed by atoms with Gasteiger partial charge in [0.1, 0.15) is 0 Å². The molecule has 1 saturated heterocycles. The molecule has 0 unspecified atom stereocenters. The smallest absolute Gasteiger partial charge is 0.163 e. The van der Waals surface area contributed by atoms with E-state index in [0.29, 0.717) is 12.2 Å². The van der Waals surface area contributed by atoms with E-state index in [1.807, 2.05) is 12.1 Å². The van der Waals surface area contributed by atoms with E-state index in [1.165, 1.54) is 11.3 Å². The molecule has 1 aliphatic carbocycles. The Balaban J connectivity index is 1.98. The van der Waals surface area contributed by atoms with Gasteiger partial charge in [0.05, 0.1) is 13.2 Å². The minimum atomic E-state index is 0.296. The van der Waals surface area contributed by atoms with Crippen molar-refractivity contribution in [3.63, 3.8) is 0 Å². The zero-order valence-corrected chi connectivity index (χ0v) is 9.24. The largest absolute Gasteiger partial charge is 0.378 e.